The summed E-state index contributed by atoms with van der Waals surface area (Å²) in [5.74, 6) is 0.377. The molecule has 0 amide bonds. The summed E-state index contributed by atoms with van der Waals surface area (Å²) in [6, 6.07) is 16.8. The van der Waals surface area contributed by atoms with Crippen molar-refractivity contribution in [3.05, 3.63) is 77.2 Å². The molecule has 0 fully saturated rings. The highest BCUT2D eigenvalue weighted by Crippen LogP contribution is 2.34. The molecular formula is C22H14ClN5O. The molecule has 140 valence electrons. The van der Waals surface area contributed by atoms with Gasteiger partial charge in [-0.2, -0.15) is 5.26 Å². The van der Waals surface area contributed by atoms with Crippen LogP contribution in [-0.4, -0.2) is 20.8 Å². The Labute approximate surface area is 171 Å². The first-order valence-electron chi connectivity index (χ1n) is 8.65. The predicted molar refractivity (Wildman–Crippen MR) is 113 cm³/mol. The number of aromatic nitrogens is 3. The molecule has 2 aromatic heterocycles. The van der Waals surface area contributed by atoms with Gasteiger partial charge in [-0.05, 0) is 41.5 Å². The van der Waals surface area contributed by atoms with E-state index in [0.29, 0.717) is 22.8 Å². The average Bonchev–Trinajstić information content (AvgIpc) is 3.14. The molecule has 6 nitrogen and oxygen atoms in total. The third kappa shape index (κ3) is 3.47. The number of halogens is 1. The first-order valence-corrected chi connectivity index (χ1v) is 9.03. The number of aldehydes is 1. The van der Waals surface area contributed by atoms with Gasteiger partial charge >= 0.3 is 0 Å². The maximum absolute atomic E-state index is 11.0. The summed E-state index contributed by atoms with van der Waals surface area (Å²) in [5.41, 5.74) is 10.2. The normalized spacial score (nSPS) is 11.4. The highest BCUT2D eigenvalue weighted by atomic mass is 35.5. The minimum absolute atomic E-state index is 0.0490. The Morgan fingerprint density at radius 2 is 1.97 bits per heavy atom. The summed E-state index contributed by atoms with van der Waals surface area (Å²) in [4.78, 5) is 19.5. The van der Waals surface area contributed by atoms with Crippen LogP contribution >= 0.6 is 11.6 Å². The molecule has 0 atom stereocenters. The zero-order valence-corrected chi connectivity index (χ0v) is 15.8. The lowest BCUT2D eigenvalue weighted by Gasteiger charge is -2.06. The number of carbonyl (C=O) groups excluding carboxylic acids is 1. The van der Waals surface area contributed by atoms with E-state index in [-0.39, 0.29) is 5.57 Å². The molecule has 0 aliphatic heterocycles. The molecule has 29 heavy (non-hydrogen) atoms. The van der Waals surface area contributed by atoms with Crippen molar-refractivity contribution < 1.29 is 4.79 Å². The number of rotatable bonds is 4. The number of anilines is 1. The van der Waals surface area contributed by atoms with Gasteiger partial charge < -0.3 is 10.3 Å². The average molecular weight is 400 g/mol. The van der Waals surface area contributed by atoms with Crippen LogP contribution in [0.2, 0.25) is 5.02 Å². The molecule has 0 saturated carbocycles. The molecule has 0 radical (unpaired) electrons. The summed E-state index contributed by atoms with van der Waals surface area (Å²) in [6.45, 7) is 0. The second-order valence-corrected chi connectivity index (χ2v) is 6.74. The fourth-order valence-electron chi connectivity index (χ4n) is 3.17. The van der Waals surface area contributed by atoms with Crippen LogP contribution in [0, 0.1) is 11.3 Å². The second kappa shape index (κ2) is 7.58. The van der Waals surface area contributed by atoms with Crippen LogP contribution in [0.3, 0.4) is 0 Å². The Kier molecular flexibility index (Phi) is 4.82. The molecule has 4 aromatic rings. The Balaban J connectivity index is 1.93. The van der Waals surface area contributed by atoms with Crippen molar-refractivity contribution in [2.75, 3.05) is 5.73 Å². The molecule has 4 rings (SSSR count). The molecule has 0 unspecified atom stereocenters. The van der Waals surface area contributed by atoms with Crippen molar-refractivity contribution in [1.29, 1.82) is 5.26 Å². The largest absolute Gasteiger partial charge is 0.383 e. The van der Waals surface area contributed by atoms with Crippen molar-refractivity contribution in [3.63, 3.8) is 0 Å². The smallest absolute Gasteiger partial charge is 0.160 e. The number of hydrogen-bond acceptors (Lipinski definition) is 5. The lowest BCUT2D eigenvalue weighted by molar-refractivity contribution is -0.104. The zero-order valence-electron chi connectivity index (χ0n) is 15.1. The summed E-state index contributed by atoms with van der Waals surface area (Å²) in [7, 11) is 0. The summed E-state index contributed by atoms with van der Waals surface area (Å²) in [5, 5.41) is 10.4. The Bertz CT molecular complexity index is 1300. The fraction of sp³-hybridized carbons (Fsp3) is 0. The van der Waals surface area contributed by atoms with Crippen LogP contribution in [0.25, 0.3) is 33.9 Å². The van der Waals surface area contributed by atoms with Gasteiger partial charge in [-0.15, -0.1) is 0 Å². The van der Waals surface area contributed by atoms with Gasteiger partial charge in [0.05, 0.1) is 11.0 Å². The third-order valence-corrected chi connectivity index (χ3v) is 4.75. The summed E-state index contributed by atoms with van der Waals surface area (Å²) < 4.78 is 1.90. The number of nitriles is 1. The molecular weight excluding hydrogens is 386 g/mol. The van der Waals surface area contributed by atoms with Crippen LogP contribution in [0.1, 0.15) is 5.56 Å². The standard InChI is InChI=1S/C22H14ClN5O/c23-17-6-4-16(5-7-17)19-11-28(22-20(19)21(25)26-13-27-22)18-3-1-2-14(9-18)8-15(10-24)12-29/h1-9,11-13H,(H2,25,26,27)/b15-8+. The summed E-state index contributed by atoms with van der Waals surface area (Å²) >= 11 is 6.02. The van der Waals surface area contributed by atoms with E-state index in [1.807, 2.05) is 65.4 Å². The Morgan fingerprint density at radius 3 is 2.69 bits per heavy atom. The van der Waals surface area contributed by atoms with E-state index in [4.69, 9.17) is 22.6 Å². The number of benzene rings is 2. The van der Waals surface area contributed by atoms with Crippen LogP contribution in [0.15, 0.2) is 66.6 Å². The molecule has 0 bridgehead atoms. The SMILES string of the molecule is N#C/C(C=O)=C\c1cccc(-n2cc(-c3ccc(Cl)cc3)c3c(N)ncnc32)c1. The molecule has 2 aromatic carbocycles. The van der Waals surface area contributed by atoms with E-state index in [0.717, 1.165) is 27.8 Å². The van der Waals surface area contributed by atoms with E-state index >= 15 is 0 Å². The van der Waals surface area contributed by atoms with E-state index in [9.17, 15) is 4.79 Å². The molecule has 0 spiro atoms. The third-order valence-electron chi connectivity index (χ3n) is 4.49. The highest BCUT2D eigenvalue weighted by molar-refractivity contribution is 6.30. The number of nitrogens with zero attached hydrogens (tertiary/aromatic N) is 4. The van der Waals surface area contributed by atoms with Gasteiger partial charge in [0.1, 0.15) is 18.2 Å². The predicted octanol–water partition coefficient (Wildman–Crippen LogP) is 4.43. The van der Waals surface area contributed by atoms with E-state index in [1.54, 1.807) is 0 Å². The van der Waals surface area contributed by atoms with E-state index < -0.39 is 0 Å². The van der Waals surface area contributed by atoms with Crippen molar-refractivity contribution in [3.8, 4) is 22.9 Å². The van der Waals surface area contributed by atoms with Gasteiger partial charge in [-0.3, -0.25) is 4.79 Å². The summed E-state index contributed by atoms with van der Waals surface area (Å²) in [6.07, 6.45) is 5.42. The molecule has 0 aliphatic carbocycles. The molecule has 0 aliphatic rings. The number of hydrogen-bond donors (Lipinski definition) is 1. The van der Waals surface area contributed by atoms with Crippen molar-refractivity contribution >= 4 is 40.8 Å². The Morgan fingerprint density at radius 1 is 1.17 bits per heavy atom. The Hall–Kier alpha value is -3.95. The van der Waals surface area contributed by atoms with E-state index in [1.165, 1.54) is 12.4 Å². The molecule has 2 heterocycles. The van der Waals surface area contributed by atoms with Gasteiger partial charge in [-0.1, -0.05) is 35.9 Å². The minimum atomic E-state index is 0.0490. The van der Waals surface area contributed by atoms with Crippen LogP contribution in [-0.2, 0) is 4.79 Å². The maximum atomic E-state index is 11.0. The van der Waals surface area contributed by atoms with Gasteiger partial charge in [-0.25, -0.2) is 9.97 Å². The lowest BCUT2D eigenvalue weighted by Crippen LogP contribution is -1.97. The molecule has 7 heteroatoms. The van der Waals surface area contributed by atoms with Crippen LogP contribution in [0.4, 0.5) is 5.82 Å². The number of carbonyl (C=O) groups is 1. The molecule has 2 N–H and O–H groups in total. The highest BCUT2D eigenvalue weighted by Gasteiger charge is 2.16. The van der Waals surface area contributed by atoms with Gasteiger partial charge in [0, 0.05) is 22.5 Å². The number of nitrogen functional groups attached to an aromatic ring is 1. The fourth-order valence-corrected chi connectivity index (χ4v) is 3.29. The lowest BCUT2D eigenvalue weighted by atomic mass is 10.1. The monoisotopic (exact) mass is 399 g/mol. The van der Waals surface area contributed by atoms with Gasteiger partial charge in [0.2, 0.25) is 0 Å². The minimum Gasteiger partial charge on any atom is -0.383 e. The second-order valence-electron chi connectivity index (χ2n) is 6.30. The van der Waals surface area contributed by atoms with Crippen LogP contribution in [0.5, 0.6) is 0 Å². The first-order chi connectivity index (χ1) is 14.1. The number of fused-ring (bicyclic) bond motifs is 1. The van der Waals surface area contributed by atoms with Gasteiger partial charge in [0.15, 0.2) is 11.9 Å². The van der Waals surface area contributed by atoms with Crippen LogP contribution < -0.4 is 5.73 Å². The first kappa shape index (κ1) is 18.4. The van der Waals surface area contributed by atoms with Crippen molar-refractivity contribution in [2.45, 2.75) is 0 Å². The van der Waals surface area contributed by atoms with Gasteiger partial charge in [0.25, 0.3) is 0 Å². The topological polar surface area (TPSA) is 97.6 Å². The number of nitrogens with two attached hydrogens (primary N) is 1. The van der Waals surface area contributed by atoms with E-state index in [2.05, 4.69) is 9.97 Å². The molecule has 0 saturated heterocycles. The van der Waals surface area contributed by atoms with Crippen molar-refractivity contribution in [2.24, 2.45) is 0 Å². The quantitative estimate of drug-likeness (QED) is 0.311. The van der Waals surface area contributed by atoms with Crippen molar-refractivity contribution in [1.82, 2.24) is 14.5 Å². The number of allylic oxidation sites excluding steroid dienone is 1. The maximum Gasteiger partial charge on any atom is 0.160 e. The zero-order chi connectivity index (χ0) is 20.4.